The zero-order valence-corrected chi connectivity index (χ0v) is 38.5. The van der Waals surface area contributed by atoms with E-state index >= 15 is 0 Å². The first kappa shape index (κ1) is 54.9. The molecule has 0 amide bonds. The fourth-order valence-corrected chi connectivity index (χ4v) is 6.99. The predicted molar refractivity (Wildman–Crippen MR) is 241 cm³/mol. The summed E-state index contributed by atoms with van der Waals surface area (Å²) in [5.74, 6) is 0.894. The number of hydrogen-bond acceptors (Lipinski definition) is 7. The van der Waals surface area contributed by atoms with Gasteiger partial charge in [-0.15, -0.1) is 0 Å². The van der Waals surface area contributed by atoms with E-state index in [4.69, 9.17) is 14.2 Å². The number of carbonyl (C=O) groups is 3. The van der Waals surface area contributed by atoms with Gasteiger partial charge in [-0.05, 0) is 128 Å². The molecule has 0 unspecified atom stereocenters. The van der Waals surface area contributed by atoms with Gasteiger partial charge in [0.25, 0.3) is 0 Å². The lowest BCUT2D eigenvalue weighted by Crippen LogP contribution is -2.22. The van der Waals surface area contributed by atoms with Crippen LogP contribution in [0.2, 0.25) is 0 Å². The minimum atomic E-state index is -0.0420. The predicted octanol–water partition coefficient (Wildman–Crippen LogP) is 14.1. The van der Waals surface area contributed by atoms with Crippen LogP contribution in [-0.4, -0.2) is 62.3 Å². The van der Waals surface area contributed by atoms with E-state index in [-0.39, 0.29) is 24.0 Å². The zero-order chi connectivity index (χ0) is 42.0. The molecule has 0 rings (SSSR count). The largest absolute Gasteiger partial charge is 0.465 e. The van der Waals surface area contributed by atoms with Gasteiger partial charge >= 0.3 is 17.9 Å². The molecule has 0 heterocycles. The maximum absolute atomic E-state index is 12.7. The molecule has 7 nitrogen and oxygen atoms in total. The highest BCUT2D eigenvalue weighted by atomic mass is 16.5. The van der Waals surface area contributed by atoms with Crippen molar-refractivity contribution in [1.29, 1.82) is 0 Å². The molecule has 0 aromatic heterocycles. The Bertz CT molecular complexity index is 910. The lowest BCUT2D eigenvalue weighted by atomic mass is 10.0. The van der Waals surface area contributed by atoms with Crippen LogP contribution < -0.4 is 0 Å². The van der Waals surface area contributed by atoms with E-state index in [1.54, 1.807) is 0 Å². The Hall–Kier alpha value is -2.15. The molecule has 0 aliphatic rings. The summed E-state index contributed by atoms with van der Waals surface area (Å²) in [6.07, 6.45) is 41.0. The van der Waals surface area contributed by atoms with Gasteiger partial charge in [0.2, 0.25) is 0 Å². The van der Waals surface area contributed by atoms with Gasteiger partial charge in [0.1, 0.15) is 6.10 Å². The zero-order valence-electron chi connectivity index (χ0n) is 38.5. The van der Waals surface area contributed by atoms with Crippen molar-refractivity contribution in [2.75, 3.05) is 33.4 Å². The van der Waals surface area contributed by atoms with Crippen molar-refractivity contribution in [3.05, 3.63) is 24.3 Å². The fraction of sp³-hybridized carbons (Fsp3) is 0.860. The highest BCUT2D eigenvalue weighted by molar-refractivity contribution is 5.70. The van der Waals surface area contributed by atoms with Crippen LogP contribution in [0, 0.1) is 11.8 Å². The van der Waals surface area contributed by atoms with Crippen molar-refractivity contribution < 1.29 is 28.6 Å². The molecule has 0 atom stereocenters. The van der Waals surface area contributed by atoms with E-state index in [1.807, 2.05) is 0 Å². The Morgan fingerprint density at radius 2 is 0.807 bits per heavy atom. The van der Waals surface area contributed by atoms with Gasteiger partial charge in [-0.2, -0.15) is 0 Å². The molecule has 0 radical (unpaired) electrons. The lowest BCUT2D eigenvalue weighted by Gasteiger charge is -2.19. The SMILES string of the molecule is CCC(CC)COC(=O)CCCCC=CCCCCCCCCC(CCCCCCCCC=CCCCCC(=O)OCC(CC)CC)OC(=O)CCCN(C)CC. The third-order valence-electron chi connectivity index (χ3n) is 11.7. The highest BCUT2D eigenvalue weighted by Crippen LogP contribution is 2.19. The number of esters is 3. The Morgan fingerprint density at radius 3 is 1.19 bits per heavy atom. The summed E-state index contributed by atoms with van der Waals surface area (Å²) in [6.45, 7) is 13.8. The number of hydrogen-bond donors (Lipinski definition) is 0. The van der Waals surface area contributed by atoms with Crippen LogP contribution in [0.25, 0.3) is 0 Å². The van der Waals surface area contributed by atoms with Crippen molar-refractivity contribution in [2.45, 2.75) is 233 Å². The van der Waals surface area contributed by atoms with Crippen molar-refractivity contribution in [2.24, 2.45) is 11.8 Å². The summed E-state index contributed by atoms with van der Waals surface area (Å²) in [4.78, 5) is 38.8. The first-order valence-corrected chi connectivity index (χ1v) is 24.3. The van der Waals surface area contributed by atoms with E-state index < -0.39 is 0 Å². The van der Waals surface area contributed by atoms with Gasteiger partial charge in [-0.3, -0.25) is 14.4 Å². The van der Waals surface area contributed by atoms with Gasteiger partial charge in [-0.1, -0.05) is 136 Å². The summed E-state index contributed by atoms with van der Waals surface area (Å²) in [6, 6.07) is 0. The minimum Gasteiger partial charge on any atom is -0.465 e. The molecule has 0 bridgehead atoms. The van der Waals surface area contributed by atoms with Gasteiger partial charge < -0.3 is 19.1 Å². The Labute approximate surface area is 353 Å². The van der Waals surface area contributed by atoms with Gasteiger partial charge in [0.05, 0.1) is 13.2 Å². The Kier molecular flexibility index (Phi) is 40.4. The summed E-state index contributed by atoms with van der Waals surface area (Å²) >= 11 is 0. The Balaban J connectivity index is 4.08. The summed E-state index contributed by atoms with van der Waals surface area (Å²) < 4.78 is 16.9. The fourth-order valence-electron chi connectivity index (χ4n) is 6.99. The van der Waals surface area contributed by atoms with E-state index in [1.165, 1.54) is 64.2 Å². The summed E-state index contributed by atoms with van der Waals surface area (Å²) in [5, 5.41) is 0. The molecule has 57 heavy (non-hydrogen) atoms. The van der Waals surface area contributed by atoms with E-state index in [0.717, 1.165) is 122 Å². The number of carbonyl (C=O) groups excluding carboxylic acids is 3. The normalized spacial score (nSPS) is 12.4. The van der Waals surface area contributed by atoms with Crippen LogP contribution in [0.1, 0.15) is 227 Å². The molecule has 0 saturated heterocycles. The number of unbranched alkanes of at least 4 members (excludes halogenated alkanes) is 16. The smallest absolute Gasteiger partial charge is 0.306 e. The third-order valence-corrected chi connectivity index (χ3v) is 11.7. The van der Waals surface area contributed by atoms with Crippen LogP contribution >= 0.6 is 0 Å². The second-order valence-corrected chi connectivity index (χ2v) is 16.7. The monoisotopic (exact) mass is 804 g/mol. The van der Waals surface area contributed by atoms with Crippen molar-refractivity contribution in [1.82, 2.24) is 4.90 Å². The quantitative estimate of drug-likeness (QED) is 0.0263. The van der Waals surface area contributed by atoms with Crippen LogP contribution in [0.3, 0.4) is 0 Å². The number of nitrogens with zero attached hydrogens (tertiary/aromatic N) is 1. The maximum Gasteiger partial charge on any atom is 0.306 e. The number of ether oxygens (including phenoxy) is 3. The second kappa shape index (κ2) is 42.0. The molecule has 0 N–H and O–H groups in total. The molecule has 0 aromatic rings. The lowest BCUT2D eigenvalue weighted by molar-refractivity contribution is -0.150. The third kappa shape index (κ3) is 37.8. The molecule has 0 saturated carbocycles. The van der Waals surface area contributed by atoms with Crippen molar-refractivity contribution in [3.63, 3.8) is 0 Å². The van der Waals surface area contributed by atoms with Crippen molar-refractivity contribution >= 4 is 17.9 Å². The average molecular weight is 804 g/mol. The summed E-state index contributed by atoms with van der Waals surface area (Å²) in [7, 11) is 2.10. The molecule has 0 aliphatic heterocycles. The molecule has 334 valence electrons. The molecule has 0 aromatic carbocycles. The van der Waals surface area contributed by atoms with Gasteiger partial charge in [0, 0.05) is 19.3 Å². The van der Waals surface area contributed by atoms with E-state index in [9.17, 15) is 14.4 Å². The first-order chi connectivity index (χ1) is 27.8. The van der Waals surface area contributed by atoms with Gasteiger partial charge in [-0.25, -0.2) is 0 Å². The summed E-state index contributed by atoms with van der Waals surface area (Å²) in [5.41, 5.74) is 0. The van der Waals surface area contributed by atoms with Gasteiger partial charge in [0.15, 0.2) is 0 Å². The molecule has 0 spiro atoms. The number of allylic oxidation sites excluding steroid dienone is 4. The topological polar surface area (TPSA) is 82.1 Å². The van der Waals surface area contributed by atoms with E-state index in [0.29, 0.717) is 44.3 Å². The van der Waals surface area contributed by atoms with Crippen LogP contribution in [0.5, 0.6) is 0 Å². The average Bonchev–Trinajstić information content (AvgIpc) is 3.21. The van der Waals surface area contributed by atoms with E-state index in [2.05, 4.69) is 70.9 Å². The van der Waals surface area contributed by atoms with Crippen LogP contribution in [0.4, 0.5) is 0 Å². The molecule has 7 heteroatoms. The molecular formula is C50H93NO6. The molecule has 0 aliphatic carbocycles. The second-order valence-electron chi connectivity index (χ2n) is 16.7. The van der Waals surface area contributed by atoms with Crippen LogP contribution in [0.15, 0.2) is 24.3 Å². The molecular weight excluding hydrogens is 711 g/mol. The van der Waals surface area contributed by atoms with Crippen LogP contribution in [-0.2, 0) is 28.6 Å². The standard InChI is InChI=1S/C50H93NO6/c1-7-45(8-2)43-55-48(52)39-34-30-26-22-18-14-12-16-20-24-28-32-37-47(57-50(54)41-36-42-51(6)11-5)38-33-29-25-21-17-13-15-19-23-27-31-35-40-49(53)56-44-46(9-3)10-4/h18-19,22-23,45-47H,7-17,20-21,24-44H2,1-6H3. The highest BCUT2D eigenvalue weighted by Gasteiger charge is 2.15. The minimum absolute atomic E-state index is 0.0179. The Morgan fingerprint density at radius 1 is 0.456 bits per heavy atom. The molecule has 0 fully saturated rings. The number of rotatable bonds is 42. The maximum atomic E-state index is 12.7. The first-order valence-electron chi connectivity index (χ1n) is 24.3. The van der Waals surface area contributed by atoms with Crippen molar-refractivity contribution in [3.8, 4) is 0 Å².